The largest absolute Gasteiger partial charge is 0.545 e. The Kier molecular flexibility index (Phi) is 2.42. The number of carbonyl (C=O) groups is 2. The molecule has 0 heterocycles. The molecular formula is C8H6NO3-. The van der Waals surface area contributed by atoms with Gasteiger partial charge in [0.05, 0.1) is 5.97 Å². The highest BCUT2D eigenvalue weighted by Crippen LogP contribution is 2.12. The second-order valence-corrected chi connectivity index (χ2v) is 2.10. The van der Waals surface area contributed by atoms with Crippen molar-refractivity contribution in [2.24, 2.45) is 0 Å². The molecule has 0 saturated carbocycles. The lowest BCUT2D eigenvalue weighted by molar-refractivity contribution is -0.254. The van der Waals surface area contributed by atoms with Crippen molar-refractivity contribution in [3.63, 3.8) is 0 Å². The first-order valence-electron chi connectivity index (χ1n) is 3.26. The molecule has 0 spiro atoms. The Labute approximate surface area is 68.8 Å². The van der Waals surface area contributed by atoms with Gasteiger partial charge in [-0.2, -0.15) is 0 Å². The van der Waals surface area contributed by atoms with Crippen LogP contribution in [-0.2, 0) is 4.79 Å². The molecule has 0 saturated heterocycles. The highest BCUT2D eigenvalue weighted by molar-refractivity contribution is 5.95. The minimum absolute atomic E-state index is 0.0235. The molecule has 1 aromatic rings. The quantitative estimate of drug-likeness (QED) is 0.619. The van der Waals surface area contributed by atoms with E-state index in [1.807, 2.05) is 0 Å². The normalized spacial score (nSPS) is 9.00. The predicted molar refractivity (Wildman–Crippen MR) is 40.5 cm³/mol. The Morgan fingerprint density at radius 1 is 1.42 bits per heavy atom. The third-order valence-corrected chi connectivity index (χ3v) is 1.36. The molecule has 1 aromatic carbocycles. The third-order valence-electron chi connectivity index (χ3n) is 1.36. The van der Waals surface area contributed by atoms with E-state index in [9.17, 15) is 14.7 Å². The maximum atomic E-state index is 10.4. The summed E-state index contributed by atoms with van der Waals surface area (Å²) >= 11 is 0. The van der Waals surface area contributed by atoms with E-state index in [0.717, 1.165) is 0 Å². The van der Waals surface area contributed by atoms with Crippen LogP contribution in [-0.4, -0.2) is 12.4 Å². The summed E-state index contributed by atoms with van der Waals surface area (Å²) in [5.74, 6) is -1.31. The van der Waals surface area contributed by atoms with Crippen LogP contribution in [0.5, 0.6) is 0 Å². The topological polar surface area (TPSA) is 69.2 Å². The summed E-state index contributed by atoms with van der Waals surface area (Å²) < 4.78 is 0. The molecule has 1 N–H and O–H groups in total. The second-order valence-electron chi connectivity index (χ2n) is 2.10. The van der Waals surface area contributed by atoms with Gasteiger partial charge in [-0.3, -0.25) is 4.79 Å². The number of carbonyl (C=O) groups excluding carboxylic acids is 2. The van der Waals surface area contributed by atoms with Crippen LogP contribution in [0.25, 0.3) is 0 Å². The first-order valence-corrected chi connectivity index (χ1v) is 3.26. The molecule has 0 aromatic heterocycles. The van der Waals surface area contributed by atoms with Crippen molar-refractivity contribution < 1.29 is 14.7 Å². The minimum atomic E-state index is -1.31. The zero-order chi connectivity index (χ0) is 8.97. The molecule has 0 radical (unpaired) electrons. The summed E-state index contributed by atoms with van der Waals surface area (Å²) in [7, 11) is 0. The van der Waals surface area contributed by atoms with Crippen LogP contribution >= 0.6 is 0 Å². The van der Waals surface area contributed by atoms with E-state index in [0.29, 0.717) is 6.41 Å². The number of hydrogen-bond donors (Lipinski definition) is 1. The summed E-state index contributed by atoms with van der Waals surface area (Å²) in [5, 5.41) is 12.7. The van der Waals surface area contributed by atoms with Gasteiger partial charge in [-0.1, -0.05) is 18.2 Å². The van der Waals surface area contributed by atoms with Crippen molar-refractivity contribution in [1.82, 2.24) is 0 Å². The van der Waals surface area contributed by atoms with Crippen molar-refractivity contribution in [2.75, 3.05) is 5.32 Å². The third kappa shape index (κ3) is 1.60. The fraction of sp³-hybridized carbons (Fsp3) is 0. The van der Waals surface area contributed by atoms with Crippen LogP contribution in [0.2, 0.25) is 0 Å². The van der Waals surface area contributed by atoms with E-state index in [-0.39, 0.29) is 11.3 Å². The lowest BCUT2D eigenvalue weighted by Gasteiger charge is -2.07. The molecule has 0 atom stereocenters. The highest BCUT2D eigenvalue weighted by Gasteiger charge is 1.99. The van der Waals surface area contributed by atoms with E-state index in [1.165, 1.54) is 12.1 Å². The van der Waals surface area contributed by atoms with E-state index in [2.05, 4.69) is 5.32 Å². The lowest BCUT2D eigenvalue weighted by atomic mass is 10.2. The molecule has 12 heavy (non-hydrogen) atoms. The van der Waals surface area contributed by atoms with Gasteiger partial charge in [0.1, 0.15) is 0 Å². The number of amides is 1. The molecule has 1 rings (SSSR count). The van der Waals surface area contributed by atoms with Gasteiger partial charge < -0.3 is 15.2 Å². The number of benzene rings is 1. The van der Waals surface area contributed by atoms with Gasteiger partial charge in [0.15, 0.2) is 0 Å². The number of carboxylic acids is 1. The highest BCUT2D eigenvalue weighted by atomic mass is 16.4. The van der Waals surface area contributed by atoms with Crippen LogP contribution in [0.15, 0.2) is 24.3 Å². The molecule has 1 amide bonds. The van der Waals surface area contributed by atoms with Gasteiger partial charge in [-0.25, -0.2) is 0 Å². The predicted octanol–water partition coefficient (Wildman–Crippen LogP) is -0.382. The smallest absolute Gasteiger partial charge is 0.211 e. The van der Waals surface area contributed by atoms with E-state index >= 15 is 0 Å². The van der Waals surface area contributed by atoms with Crippen LogP contribution in [0.3, 0.4) is 0 Å². The number of hydrogen-bond acceptors (Lipinski definition) is 3. The Balaban J connectivity index is 3.07. The molecule has 0 fully saturated rings. The van der Waals surface area contributed by atoms with Gasteiger partial charge in [0, 0.05) is 11.3 Å². The number of carboxylic acid groups (broad SMARTS) is 1. The fourth-order valence-electron chi connectivity index (χ4n) is 0.850. The van der Waals surface area contributed by atoms with Gasteiger partial charge in [-0.05, 0) is 6.07 Å². The molecule has 0 unspecified atom stereocenters. The number of para-hydroxylation sites is 1. The Morgan fingerprint density at radius 2 is 2.08 bits per heavy atom. The summed E-state index contributed by atoms with van der Waals surface area (Å²) in [6.07, 6.45) is 0.418. The SMILES string of the molecule is O=CNc1ccccc1C(=O)[O-]. The summed E-state index contributed by atoms with van der Waals surface area (Å²) in [4.78, 5) is 20.5. The first kappa shape index (κ1) is 8.26. The standard InChI is InChI=1S/C8H7NO3/c10-5-9-7-4-2-1-3-6(7)8(11)12/h1-5H,(H,9,10)(H,11,12)/p-1. The molecule has 4 nitrogen and oxygen atoms in total. The van der Waals surface area contributed by atoms with E-state index in [4.69, 9.17) is 0 Å². The van der Waals surface area contributed by atoms with Crippen molar-refractivity contribution >= 4 is 18.1 Å². The average molecular weight is 164 g/mol. The van der Waals surface area contributed by atoms with Crippen molar-refractivity contribution in [1.29, 1.82) is 0 Å². The van der Waals surface area contributed by atoms with Crippen LogP contribution < -0.4 is 10.4 Å². The van der Waals surface area contributed by atoms with Crippen LogP contribution in [0.1, 0.15) is 10.4 Å². The molecule has 62 valence electrons. The molecule has 0 bridgehead atoms. The lowest BCUT2D eigenvalue weighted by Crippen LogP contribution is -2.23. The van der Waals surface area contributed by atoms with Crippen LogP contribution in [0, 0.1) is 0 Å². The number of anilines is 1. The summed E-state index contributed by atoms with van der Waals surface area (Å²) in [5.41, 5.74) is 0.220. The van der Waals surface area contributed by atoms with E-state index in [1.54, 1.807) is 12.1 Å². The number of rotatable bonds is 3. The monoisotopic (exact) mass is 164 g/mol. The zero-order valence-corrected chi connectivity index (χ0v) is 6.11. The van der Waals surface area contributed by atoms with E-state index < -0.39 is 5.97 Å². The molecule has 0 aliphatic heterocycles. The molecular weight excluding hydrogens is 158 g/mol. The summed E-state index contributed by atoms with van der Waals surface area (Å²) in [6, 6.07) is 6.03. The van der Waals surface area contributed by atoms with Gasteiger partial charge in [0.2, 0.25) is 6.41 Å². The Hall–Kier alpha value is -1.84. The second kappa shape index (κ2) is 3.52. The van der Waals surface area contributed by atoms with Crippen molar-refractivity contribution in [2.45, 2.75) is 0 Å². The molecule has 0 aliphatic rings. The van der Waals surface area contributed by atoms with Gasteiger partial charge in [-0.15, -0.1) is 0 Å². The van der Waals surface area contributed by atoms with Crippen LogP contribution in [0.4, 0.5) is 5.69 Å². The van der Waals surface area contributed by atoms with Gasteiger partial charge >= 0.3 is 0 Å². The Morgan fingerprint density at radius 3 is 2.67 bits per heavy atom. The van der Waals surface area contributed by atoms with Gasteiger partial charge in [0.25, 0.3) is 0 Å². The number of aromatic carboxylic acids is 1. The average Bonchev–Trinajstić information content (AvgIpc) is 2.05. The number of nitrogens with one attached hydrogen (secondary N) is 1. The molecule has 0 aliphatic carbocycles. The minimum Gasteiger partial charge on any atom is -0.545 e. The van der Waals surface area contributed by atoms with Crippen molar-refractivity contribution in [3.8, 4) is 0 Å². The maximum absolute atomic E-state index is 10.4. The molecule has 4 heteroatoms. The fourth-order valence-corrected chi connectivity index (χ4v) is 0.850. The summed E-state index contributed by atoms with van der Waals surface area (Å²) in [6.45, 7) is 0. The Bertz CT molecular complexity index is 309. The zero-order valence-electron chi connectivity index (χ0n) is 6.11. The van der Waals surface area contributed by atoms with Crippen molar-refractivity contribution in [3.05, 3.63) is 29.8 Å². The maximum Gasteiger partial charge on any atom is 0.211 e. The first-order chi connectivity index (χ1) is 5.75.